The van der Waals surface area contributed by atoms with Crippen molar-refractivity contribution in [2.24, 2.45) is 0 Å². The number of hydrogen-bond donors (Lipinski definition) is 0. The topological polar surface area (TPSA) is 66.6 Å². The van der Waals surface area contributed by atoms with Crippen LogP contribution in [-0.2, 0) is 0 Å². The van der Waals surface area contributed by atoms with Gasteiger partial charge in [0, 0.05) is 6.07 Å². The second kappa shape index (κ2) is 7.55. The fourth-order valence-corrected chi connectivity index (χ4v) is 6.59. The molecule has 5 aromatic heterocycles. The molecule has 0 atom stereocenters. The van der Waals surface area contributed by atoms with Gasteiger partial charge in [-0.15, -0.1) is 0 Å². The van der Waals surface area contributed by atoms with E-state index in [1.54, 1.807) is 12.1 Å². The summed E-state index contributed by atoms with van der Waals surface area (Å²) < 4.78 is 9.18. The van der Waals surface area contributed by atoms with E-state index in [0.29, 0.717) is 0 Å². The number of pyridine rings is 2. The SMILES string of the molecule is O=[N+]([O-])c1ccc2c(c1)n1c(N3CCCC3)[n+]3ccccc3c1c1c3cccc[n+]3c(N3CCCC3)n21. The molecular formula is C28H27N7O2+2. The van der Waals surface area contributed by atoms with E-state index >= 15 is 0 Å². The predicted octanol–water partition coefficient (Wildman–Crippen LogP) is 3.93. The van der Waals surface area contributed by atoms with Crippen LogP contribution in [-0.4, -0.2) is 39.9 Å². The summed E-state index contributed by atoms with van der Waals surface area (Å²) in [5.41, 5.74) is 6.35. The highest BCUT2D eigenvalue weighted by Crippen LogP contribution is 2.36. The van der Waals surface area contributed by atoms with Gasteiger partial charge in [0.1, 0.15) is 5.52 Å². The van der Waals surface area contributed by atoms with Gasteiger partial charge in [0.05, 0.1) is 49.6 Å². The van der Waals surface area contributed by atoms with E-state index in [1.165, 1.54) is 0 Å². The van der Waals surface area contributed by atoms with Crippen LogP contribution in [0.3, 0.4) is 0 Å². The molecule has 0 saturated carbocycles. The van der Waals surface area contributed by atoms with Crippen molar-refractivity contribution in [3.8, 4) is 0 Å². The summed E-state index contributed by atoms with van der Waals surface area (Å²) in [4.78, 5) is 16.5. The van der Waals surface area contributed by atoms with Gasteiger partial charge < -0.3 is 0 Å². The Bertz CT molecular complexity index is 1890. The van der Waals surface area contributed by atoms with Crippen LogP contribution in [0.2, 0.25) is 0 Å². The molecule has 37 heavy (non-hydrogen) atoms. The average molecular weight is 494 g/mol. The molecule has 7 heterocycles. The molecule has 6 aromatic rings. The molecule has 2 saturated heterocycles. The number of imidazole rings is 2. The quantitative estimate of drug-likeness (QED) is 0.213. The van der Waals surface area contributed by atoms with Crippen LogP contribution in [0.25, 0.3) is 33.1 Å². The molecule has 9 heteroatoms. The van der Waals surface area contributed by atoms with Crippen LogP contribution < -0.4 is 18.6 Å². The van der Waals surface area contributed by atoms with Gasteiger partial charge in [-0.2, -0.15) is 8.80 Å². The molecule has 0 bridgehead atoms. The Morgan fingerprint density at radius 2 is 1.19 bits per heavy atom. The third-order valence-corrected chi connectivity index (χ3v) is 8.14. The Balaban J connectivity index is 1.69. The van der Waals surface area contributed by atoms with E-state index < -0.39 is 0 Å². The van der Waals surface area contributed by atoms with Crippen LogP contribution in [0.1, 0.15) is 25.7 Å². The van der Waals surface area contributed by atoms with E-state index in [2.05, 4.69) is 76.2 Å². The minimum atomic E-state index is -0.288. The second-order valence-electron chi connectivity index (χ2n) is 10.2. The summed E-state index contributed by atoms with van der Waals surface area (Å²) in [6.45, 7) is 3.94. The Hall–Kier alpha value is -4.40. The van der Waals surface area contributed by atoms with Gasteiger partial charge in [0.15, 0.2) is 27.6 Å². The monoisotopic (exact) mass is 493 g/mol. The van der Waals surface area contributed by atoms with Crippen molar-refractivity contribution in [1.82, 2.24) is 8.80 Å². The van der Waals surface area contributed by atoms with Gasteiger partial charge in [-0.3, -0.25) is 19.9 Å². The number of non-ortho nitro benzene ring substituents is 1. The number of nitro benzene ring substituents is 1. The van der Waals surface area contributed by atoms with Crippen molar-refractivity contribution in [2.45, 2.75) is 25.7 Å². The zero-order chi connectivity index (χ0) is 24.7. The Labute approximate surface area is 212 Å². The largest absolute Gasteiger partial charge is 0.370 e. The standard InChI is InChI=1S/C28H27N7O2/c36-35(37)20-11-12-21-24(19-20)34-26(23-10-2-4-18-32(23)28(34)30-15-7-8-16-30)25-22-9-1-3-17-31(22)27(33(21)25)29-13-5-6-14-29/h1-4,9-12,17-19H,5-8,13-16H2/q+2. The fraction of sp³-hybridized carbons (Fsp3) is 0.286. The van der Waals surface area contributed by atoms with E-state index in [4.69, 9.17) is 0 Å². The van der Waals surface area contributed by atoms with Gasteiger partial charge in [0.25, 0.3) is 5.69 Å². The highest BCUT2D eigenvalue weighted by atomic mass is 16.6. The number of fused-ring (bicyclic) bond motifs is 10. The number of nitro groups is 1. The Kier molecular flexibility index (Phi) is 4.24. The number of nitrogens with zero attached hydrogens (tertiary/aromatic N) is 7. The molecule has 1 aromatic carbocycles. The molecule has 0 unspecified atom stereocenters. The highest BCUT2D eigenvalue weighted by molar-refractivity contribution is 6.04. The molecule has 8 rings (SSSR count). The third-order valence-electron chi connectivity index (χ3n) is 8.14. The fourth-order valence-electron chi connectivity index (χ4n) is 6.59. The summed E-state index contributed by atoms with van der Waals surface area (Å²) >= 11 is 0. The molecule has 0 radical (unpaired) electrons. The molecule has 184 valence electrons. The third kappa shape index (κ3) is 2.74. The highest BCUT2D eigenvalue weighted by Gasteiger charge is 2.37. The molecule has 2 aliphatic heterocycles. The predicted molar refractivity (Wildman–Crippen MR) is 142 cm³/mol. The van der Waals surface area contributed by atoms with E-state index in [1.807, 2.05) is 6.07 Å². The van der Waals surface area contributed by atoms with Crippen LogP contribution in [0.5, 0.6) is 0 Å². The Morgan fingerprint density at radius 3 is 1.70 bits per heavy atom. The molecule has 2 aliphatic rings. The zero-order valence-electron chi connectivity index (χ0n) is 20.5. The summed E-state index contributed by atoms with van der Waals surface area (Å²) in [6.07, 6.45) is 8.88. The number of rotatable bonds is 3. The first kappa shape index (κ1) is 20.8. The summed E-state index contributed by atoms with van der Waals surface area (Å²) in [7, 11) is 0. The smallest absolute Gasteiger partial charge is 0.263 e. The van der Waals surface area contributed by atoms with Crippen molar-refractivity contribution in [2.75, 3.05) is 36.0 Å². The first-order valence-electron chi connectivity index (χ1n) is 13.1. The van der Waals surface area contributed by atoms with Gasteiger partial charge in [-0.1, -0.05) is 12.1 Å². The maximum Gasteiger partial charge on any atom is 0.370 e. The lowest BCUT2D eigenvalue weighted by molar-refractivity contribution is -0.497. The van der Waals surface area contributed by atoms with Crippen LogP contribution in [0, 0.1) is 10.1 Å². The summed E-state index contributed by atoms with van der Waals surface area (Å²) in [5.74, 6) is 2.18. The minimum Gasteiger partial charge on any atom is -0.263 e. The van der Waals surface area contributed by atoms with Crippen LogP contribution >= 0.6 is 0 Å². The van der Waals surface area contributed by atoms with Crippen molar-refractivity contribution >= 4 is 50.7 Å². The van der Waals surface area contributed by atoms with E-state index in [9.17, 15) is 10.1 Å². The zero-order valence-corrected chi connectivity index (χ0v) is 20.5. The number of benzene rings is 1. The number of anilines is 2. The molecule has 0 aliphatic carbocycles. The first-order chi connectivity index (χ1) is 18.2. The van der Waals surface area contributed by atoms with Gasteiger partial charge >= 0.3 is 11.9 Å². The van der Waals surface area contributed by atoms with Crippen molar-refractivity contribution in [3.05, 3.63) is 77.1 Å². The Morgan fingerprint density at radius 1 is 0.676 bits per heavy atom. The second-order valence-corrected chi connectivity index (χ2v) is 10.2. The normalized spacial score (nSPS) is 16.4. The molecule has 9 nitrogen and oxygen atoms in total. The van der Waals surface area contributed by atoms with Crippen molar-refractivity contribution in [1.29, 1.82) is 0 Å². The first-order valence-corrected chi connectivity index (χ1v) is 13.1. The molecule has 0 amide bonds. The van der Waals surface area contributed by atoms with Gasteiger partial charge in [-0.05, 0) is 56.0 Å². The lowest BCUT2D eigenvalue weighted by Gasteiger charge is -2.12. The molecule has 0 spiro atoms. The summed E-state index contributed by atoms with van der Waals surface area (Å²) in [6, 6.07) is 18.0. The lowest BCUT2D eigenvalue weighted by atomic mass is 10.2. The van der Waals surface area contributed by atoms with Gasteiger partial charge in [-0.25, -0.2) is 8.80 Å². The van der Waals surface area contributed by atoms with Crippen LogP contribution in [0.4, 0.5) is 17.6 Å². The minimum absolute atomic E-state index is 0.107. The molecule has 2 fully saturated rings. The van der Waals surface area contributed by atoms with Crippen LogP contribution in [0.15, 0.2) is 67.0 Å². The van der Waals surface area contributed by atoms with E-state index in [0.717, 1.165) is 96.9 Å². The maximum absolute atomic E-state index is 11.9. The summed E-state index contributed by atoms with van der Waals surface area (Å²) in [5, 5.41) is 11.9. The maximum atomic E-state index is 11.9. The lowest BCUT2D eigenvalue weighted by Crippen LogP contribution is -2.33. The number of hydrogen-bond acceptors (Lipinski definition) is 4. The molecule has 0 N–H and O–H groups in total. The van der Waals surface area contributed by atoms with Crippen molar-refractivity contribution in [3.63, 3.8) is 0 Å². The van der Waals surface area contributed by atoms with E-state index in [-0.39, 0.29) is 10.6 Å². The molecular weight excluding hydrogens is 466 g/mol. The average Bonchev–Trinajstić information content (AvgIpc) is 3.72. The van der Waals surface area contributed by atoms with Gasteiger partial charge in [0.2, 0.25) is 0 Å². The van der Waals surface area contributed by atoms with Crippen molar-refractivity contribution < 1.29 is 13.7 Å². The number of aromatic nitrogens is 4.